The third kappa shape index (κ3) is 2.79. The summed E-state index contributed by atoms with van der Waals surface area (Å²) < 4.78 is 6.41. The molecule has 0 amide bonds. The Kier molecular flexibility index (Phi) is 4.79. The van der Waals surface area contributed by atoms with Crippen LogP contribution in [-0.4, -0.2) is 33.4 Å². The van der Waals surface area contributed by atoms with Gasteiger partial charge in [0, 0.05) is 18.1 Å². The molecule has 1 heterocycles. The van der Waals surface area contributed by atoms with Crippen LogP contribution in [0.4, 0.5) is 0 Å². The van der Waals surface area contributed by atoms with E-state index >= 15 is 0 Å². The summed E-state index contributed by atoms with van der Waals surface area (Å²) in [4.78, 5) is 0. The van der Waals surface area contributed by atoms with Crippen LogP contribution in [0.5, 0.6) is 5.75 Å². The number of hydroxylamine groups is 3. The number of hydrogen-bond donors (Lipinski definition) is 1. The van der Waals surface area contributed by atoms with Crippen LogP contribution in [0.2, 0.25) is 0 Å². The molecule has 0 bridgehead atoms. The SMILES string of the molecule is CCOc1ccc(C2(C)N(O)C(CC)C(c3ccccc3)=[N+]2[O-])cc1. The molecule has 0 radical (unpaired) electrons. The van der Waals surface area contributed by atoms with Crippen LogP contribution in [0.15, 0.2) is 54.6 Å². The van der Waals surface area contributed by atoms with Crippen molar-refractivity contribution >= 4 is 5.71 Å². The number of hydrogen-bond acceptors (Lipinski definition) is 4. The summed E-state index contributed by atoms with van der Waals surface area (Å²) in [6.45, 7) is 6.22. The van der Waals surface area contributed by atoms with E-state index < -0.39 is 5.66 Å². The lowest BCUT2D eigenvalue weighted by atomic mass is 10.0. The van der Waals surface area contributed by atoms with Gasteiger partial charge in [-0.2, -0.15) is 4.74 Å². The summed E-state index contributed by atoms with van der Waals surface area (Å²) in [5.74, 6) is 0.745. The fourth-order valence-electron chi connectivity index (χ4n) is 3.45. The van der Waals surface area contributed by atoms with Crippen LogP contribution in [0, 0.1) is 5.21 Å². The highest BCUT2D eigenvalue weighted by Gasteiger charge is 2.55. The van der Waals surface area contributed by atoms with E-state index in [-0.39, 0.29) is 6.04 Å². The molecule has 5 nitrogen and oxygen atoms in total. The van der Waals surface area contributed by atoms with Gasteiger partial charge in [-0.25, -0.2) is 0 Å². The summed E-state index contributed by atoms with van der Waals surface area (Å²) in [6.07, 6.45) is 0.631. The molecule has 2 aromatic carbocycles. The molecule has 132 valence electrons. The van der Waals surface area contributed by atoms with Crippen molar-refractivity contribution in [2.24, 2.45) is 0 Å². The second kappa shape index (κ2) is 6.86. The highest BCUT2D eigenvalue weighted by Crippen LogP contribution is 2.37. The largest absolute Gasteiger partial charge is 0.622 e. The lowest BCUT2D eigenvalue weighted by molar-refractivity contribution is -0.595. The van der Waals surface area contributed by atoms with E-state index in [0.717, 1.165) is 21.6 Å². The molecule has 1 aliphatic rings. The Bertz CT molecular complexity index is 758. The smallest absolute Gasteiger partial charge is 0.274 e. The maximum absolute atomic E-state index is 13.3. The average molecular weight is 340 g/mol. The van der Waals surface area contributed by atoms with E-state index in [4.69, 9.17) is 4.74 Å². The third-order valence-corrected chi connectivity index (χ3v) is 4.84. The molecule has 1 N–H and O–H groups in total. The lowest BCUT2D eigenvalue weighted by Gasteiger charge is -2.30. The minimum absolute atomic E-state index is 0.364. The molecule has 5 heteroatoms. The van der Waals surface area contributed by atoms with Crippen LogP contribution in [0.25, 0.3) is 0 Å². The molecule has 1 aliphatic heterocycles. The molecule has 0 spiro atoms. The highest BCUT2D eigenvalue weighted by atomic mass is 16.6. The quantitative estimate of drug-likeness (QED) is 0.665. The first-order chi connectivity index (χ1) is 12.0. The molecule has 25 heavy (non-hydrogen) atoms. The third-order valence-electron chi connectivity index (χ3n) is 4.84. The molecule has 0 aromatic heterocycles. The van der Waals surface area contributed by atoms with E-state index in [1.165, 1.54) is 5.06 Å². The topological polar surface area (TPSA) is 58.8 Å². The van der Waals surface area contributed by atoms with Gasteiger partial charge in [0.1, 0.15) is 11.8 Å². The molecular weight excluding hydrogens is 316 g/mol. The molecular formula is C20H24N2O3. The fourth-order valence-corrected chi connectivity index (χ4v) is 3.45. The Morgan fingerprint density at radius 1 is 1.12 bits per heavy atom. The molecule has 2 unspecified atom stereocenters. The first-order valence-electron chi connectivity index (χ1n) is 8.65. The molecule has 0 saturated carbocycles. The number of ether oxygens (including phenoxy) is 1. The van der Waals surface area contributed by atoms with Crippen LogP contribution >= 0.6 is 0 Å². The molecule has 0 fully saturated rings. The average Bonchev–Trinajstić information content (AvgIpc) is 2.84. The van der Waals surface area contributed by atoms with E-state index in [0.29, 0.717) is 18.7 Å². The lowest BCUT2D eigenvalue weighted by Crippen LogP contribution is -2.46. The Hall–Kier alpha value is -2.37. The summed E-state index contributed by atoms with van der Waals surface area (Å²) in [6, 6.07) is 16.5. The Balaban J connectivity index is 2.09. The van der Waals surface area contributed by atoms with Gasteiger partial charge in [0.25, 0.3) is 5.66 Å². The van der Waals surface area contributed by atoms with Gasteiger partial charge in [0.05, 0.1) is 6.61 Å². The first kappa shape index (κ1) is 17.5. The van der Waals surface area contributed by atoms with Gasteiger partial charge in [-0.3, -0.25) is 0 Å². The van der Waals surface area contributed by atoms with Gasteiger partial charge in [0.15, 0.2) is 0 Å². The Labute approximate surface area is 148 Å². The predicted molar refractivity (Wildman–Crippen MR) is 96.8 cm³/mol. The van der Waals surface area contributed by atoms with Gasteiger partial charge in [-0.05, 0) is 49.7 Å². The van der Waals surface area contributed by atoms with Crippen molar-refractivity contribution in [3.8, 4) is 5.75 Å². The van der Waals surface area contributed by atoms with Gasteiger partial charge >= 0.3 is 0 Å². The minimum Gasteiger partial charge on any atom is -0.622 e. The second-order valence-electron chi connectivity index (χ2n) is 6.29. The zero-order chi connectivity index (χ0) is 18.0. The molecule has 3 rings (SSSR count). The van der Waals surface area contributed by atoms with Crippen molar-refractivity contribution in [3.05, 3.63) is 70.9 Å². The maximum Gasteiger partial charge on any atom is 0.274 e. The van der Waals surface area contributed by atoms with Crippen LogP contribution in [0.1, 0.15) is 38.3 Å². The van der Waals surface area contributed by atoms with Gasteiger partial charge in [-0.15, -0.1) is 5.06 Å². The first-order valence-corrected chi connectivity index (χ1v) is 8.65. The number of rotatable bonds is 5. The van der Waals surface area contributed by atoms with E-state index in [1.54, 1.807) is 6.92 Å². The fraction of sp³-hybridized carbons (Fsp3) is 0.350. The van der Waals surface area contributed by atoms with Crippen molar-refractivity contribution in [1.29, 1.82) is 0 Å². The second-order valence-corrected chi connectivity index (χ2v) is 6.29. The van der Waals surface area contributed by atoms with Crippen molar-refractivity contribution < 1.29 is 14.7 Å². The van der Waals surface area contributed by atoms with Gasteiger partial charge in [0.2, 0.25) is 5.71 Å². The summed E-state index contributed by atoms with van der Waals surface area (Å²) >= 11 is 0. The highest BCUT2D eigenvalue weighted by molar-refractivity contribution is 6.01. The molecule has 0 saturated heterocycles. The number of nitrogens with zero attached hydrogens (tertiary/aromatic N) is 2. The monoisotopic (exact) mass is 340 g/mol. The summed E-state index contributed by atoms with van der Waals surface area (Å²) in [7, 11) is 0. The van der Waals surface area contributed by atoms with Crippen LogP contribution in [-0.2, 0) is 5.66 Å². The van der Waals surface area contributed by atoms with E-state index in [9.17, 15) is 10.4 Å². The van der Waals surface area contributed by atoms with E-state index in [2.05, 4.69) is 0 Å². The summed E-state index contributed by atoms with van der Waals surface area (Å²) in [5, 5.41) is 25.3. The maximum atomic E-state index is 13.3. The molecule has 2 aromatic rings. The Morgan fingerprint density at radius 2 is 1.76 bits per heavy atom. The predicted octanol–water partition coefficient (Wildman–Crippen LogP) is 3.74. The van der Waals surface area contributed by atoms with E-state index in [1.807, 2.05) is 68.4 Å². The van der Waals surface area contributed by atoms with Crippen molar-refractivity contribution in [1.82, 2.24) is 5.06 Å². The standard InChI is InChI=1S/C20H24N2O3/c1-4-18-19(15-9-7-6-8-10-15)22(24)20(3,21(18)23)16-11-13-17(14-12-16)25-5-2/h6-14,18,23H,4-5H2,1-3H3. The van der Waals surface area contributed by atoms with Crippen LogP contribution in [0.3, 0.4) is 0 Å². The summed E-state index contributed by atoms with van der Waals surface area (Å²) in [5.41, 5.74) is 0.953. The van der Waals surface area contributed by atoms with Gasteiger partial charge < -0.3 is 15.2 Å². The van der Waals surface area contributed by atoms with Crippen LogP contribution < -0.4 is 4.74 Å². The van der Waals surface area contributed by atoms with Gasteiger partial charge in [-0.1, -0.05) is 25.1 Å². The molecule has 0 aliphatic carbocycles. The van der Waals surface area contributed by atoms with Crippen molar-refractivity contribution in [2.45, 2.75) is 38.9 Å². The zero-order valence-electron chi connectivity index (χ0n) is 14.8. The Morgan fingerprint density at radius 3 is 2.32 bits per heavy atom. The normalized spacial score (nSPS) is 23.9. The molecule has 2 atom stereocenters. The minimum atomic E-state index is -1.18. The van der Waals surface area contributed by atoms with Crippen molar-refractivity contribution in [3.63, 3.8) is 0 Å². The van der Waals surface area contributed by atoms with Crippen molar-refractivity contribution in [2.75, 3.05) is 6.61 Å². The zero-order valence-corrected chi connectivity index (χ0v) is 14.8. The number of benzene rings is 2.